The Morgan fingerprint density at radius 1 is 1.35 bits per heavy atom. The van der Waals surface area contributed by atoms with Crippen LogP contribution in [-0.2, 0) is 11.3 Å². The molecule has 0 amide bonds. The van der Waals surface area contributed by atoms with Crippen LogP contribution in [0.5, 0.6) is 0 Å². The molecule has 3 nitrogen and oxygen atoms in total. The van der Waals surface area contributed by atoms with Gasteiger partial charge in [-0.25, -0.2) is 0 Å². The van der Waals surface area contributed by atoms with Gasteiger partial charge in [-0.2, -0.15) is 0 Å². The average molecular weight is 278 g/mol. The predicted octanol–water partition coefficient (Wildman–Crippen LogP) is 2.96. The Balaban J connectivity index is 0.00000256. The molecule has 0 spiro atoms. The van der Waals surface area contributed by atoms with E-state index in [9.17, 15) is 4.79 Å². The van der Waals surface area contributed by atoms with Crippen LogP contribution in [0.15, 0.2) is 24.3 Å². The van der Waals surface area contributed by atoms with Crippen molar-refractivity contribution in [2.75, 3.05) is 0 Å². The number of hydrogen-bond acceptors (Lipinski definition) is 2. The van der Waals surface area contributed by atoms with Crippen LogP contribution in [0.25, 0.3) is 0 Å². The average Bonchev–Trinajstić information content (AvgIpc) is 2.20. The lowest BCUT2D eigenvalue weighted by molar-refractivity contribution is -0.140. The Bertz CT molecular complexity index is 352. The summed E-state index contributed by atoms with van der Waals surface area (Å²) >= 11 is 5.76. The standard InChI is InChI=1S/C12H16ClNO2.ClH/c1-8(2)11(12(15)16)14-7-9-3-5-10(13)6-4-9;/h3-6,8,11,14H,7H2,1-2H3,(H,15,16);1H. The van der Waals surface area contributed by atoms with Crippen molar-refractivity contribution in [2.45, 2.75) is 26.4 Å². The summed E-state index contributed by atoms with van der Waals surface area (Å²) in [5, 5.41) is 12.7. The number of carboxylic acids is 1. The number of benzene rings is 1. The lowest BCUT2D eigenvalue weighted by atomic mass is 10.0. The number of carbonyl (C=O) groups is 1. The highest BCUT2D eigenvalue weighted by Gasteiger charge is 2.20. The number of halogens is 2. The number of rotatable bonds is 5. The Kier molecular flexibility index (Phi) is 7.19. The van der Waals surface area contributed by atoms with Gasteiger partial charge < -0.3 is 10.4 Å². The minimum absolute atomic E-state index is 0. The molecule has 1 aromatic rings. The second-order valence-corrected chi connectivity index (χ2v) is 4.50. The maximum absolute atomic E-state index is 10.9. The van der Waals surface area contributed by atoms with E-state index in [1.54, 1.807) is 12.1 Å². The largest absolute Gasteiger partial charge is 0.480 e. The van der Waals surface area contributed by atoms with Crippen molar-refractivity contribution < 1.29 is 9.90 Å². The quantitative estimate of drug-likeness (QED) is 0.870. The topological polar surface area (TPSA) is 49.3 Å². The molecular weight excluding hydrogens is 261 g/mol. The molecule has 96 valence electrons. The molecule has 1 rings (SSSR count). The van der Waals surface area contributed by atoms with Crippen molar-refractivity contribution in [3.63, 3.8) is 0 Å². The minimum Gasteiger partial charge on any atom is -0.480 e. The van der Waals surface area contributed by atoms with Crippen LogP contribution >= 0.6 is 24.0 Å². The third-order valence-corrected chi connectivity index (χ3v) is 2.62. The number of carboxylic acid groups (broad SMARTS) is 1. The molecule has 0 aliphatic rings. The maximum atomic E-state index is 10.9. The second-order valence-electron chi connectivity index (χ2n) is 4.07. The molecule has 1 atom stereocenters. The minimum atomic E-state index is -0.816. The van der Waals surface area contributed by atoms with Crippen molar-refractivity contribution in [2.24, 2.45) is 5.92 Å². The van der Waals surface area contributed by atoms with Crippen LogP contribution in [0.4, 0.5) is 0 Å². The van der Waals surface area contributed by atoms with Gasteiger partial charge in [-0.15, -0.1) is 12.4 Å². The Labute approximate surface area is 113 Å². The summed E-state index contributed by atoms with van der Waals surface area (Å²) in [6.07, 6.45) is 0. The molecule has 17 heavy (non-hydrogen) atoms. The van der Waals surface area contributed by atoms with E-state index in [0.29, 0.717) is 11.6 Å². The van der Waals surface area contributed by atoms with E-state index in [4.69, 9.17) is 16.7 Å². The van der Waals surface area contributed by atoms with E-state index >= 15 is 0 Å². The van der Waals surface area contributed by atoms with E-state index in [1.165, 1.54) is 0 Å². The van der Waals surface area contributed by atoms with E-state index in [-0.39, 0.29) is 18.3 Å². The Morgan fingerprint density at radius 2 is 1.88 bits per heavy atom. The summed E-state index contributed by atoms with van der Waals surface area (Å²) in [6, 6.07) is 6.84. The van der Waals surface area contributed by atoms with Crippen LogP contribution < -0.4 is 5.32 Å². The lowest BCUT2D eigenvalue weighted by Gasteiger charge is -2.17. The zero-order chi connectivity index (χ0) is 12.1. The summed E-state index contributed by atoms with van der Waals surface area (Å²) in [4.78, 5) is 10.9. The van der Waals surface area contributed by atoms with Gasteiger partial charge in [0.25, 0.3) is 0 Å². The van der Waals surface area contributed by atoms with Gasteiger partial charge in [0.1, 0.15) is 6.04 Å². The first-order valence-corrected chi connectivity index (χ1v) is 5.59. The van der Waals surface area contributed by atoms with E-state index in [1.807, 2.05) is 26.0 Å². The molecule has 1 aromatic carbocycles. The van der Waals surface area contributed by atoms with Gasteiger partial charge in [0.05, 0.1) is 0 Å². The van der Waals surface area contributed by atoms with E-state index in [2.05, 4.69) is 5.32 Å². The zero-order valence-electron chi connectivity index (χ0n) is 9.81. The second kappa shape index (κ2) is 7.54. The van der Waals surface area contributed by atoms with Crippen LogP contribution in [0.1, 0.15) is 19.4 Å². The molecule has 1 unspecified atom stereocenters. The fourth-order valence-electron chi connectivity index (χ4n) is 1.44. The Hall–Kier alpha value is -0.770. The monoisotopic (exact) mass is 277 g/mol. The number of hydrogen-bond donors (Lipinski definition) is 2. The van der Waals surface area contributed by atoms with Gasteiger partial charge in [-0.05, 0) is 23.6 Å². The van der Waals surface area contributed by atoms with Gasteiger partial charge in [0.15, 0.2) is 0 Å². The summed E-state index contributed by atoms with van der Waals surface area (Å²) in [5.41, 5.74) is 1.02. The van der Waals surface area contributed by atoms with Gasteiger partial charge in [-0.1, -0.05) is 37.6 Å². The highest BCUT2D eigenvalue weighted by molar-refractivity contribution is 6.30. The first kappa shape index (κ1) is 16.2. The number of aliphatic carboxylic acids is 1. The summed E-state index contributed by atoms with van der Waals surface area (Å²) < 4.78 is 0. The molecule has 0 aliphatic carbocycles. The van der Waals surface area contributed by atoms with Gasteiger partial charge in [-0.3, -0.25) is 4.79 Å². The molecule has 0 bridgehead atoms. The van der Waals surface area contributed by atoms with Crippen LogP contribution in [0.3, 0.4) is 0 Å². The molecule has 2 N–H and O–H groups in total. The normalized spacial score (nSPS) is 12.0. The van der Waals surface area contributed by atoms with Crippen molar-refractivity contribution in [1.82, 2.24) is 5.32 Å². The van der Waals surface area contributed by atoms with Crippen LogP contribution in [-0.4, -0.2) is 17.1 Å². The molecule has 0 saturated carbocycles. The van der Waals surface area contributed by atoms with Crippen molar-refractivity contribution in [3.8, 4) is 0 Å². The van der Waals surface area contributed by atoms with E-state index in [0.717, 1.165) is 5.56 Å². The predicted molar refractivity (Wildman–Crippen MR) is 71.8 cm³/mol. The highest BCUT2D eigenvalue weighted by atomic mass is 35.5. The maximum Gasteiger partial charge on any atom is 0.320 e. The molecule has 0 radical (unpaired) electrons. The lowest BCUT2D eigenvalue weighted by Crippen LogP contribution is -2.40. The van der Waals surface area contributed by atoms with Crippen molar-refractivity contribution >= 4 is 30.0 Å². The van der Waals surface area contributed by atoms with Crippen molar-refractivity contribution in [1.29, 1.82) is 0 Å². The molecule has 0 fully saturated rings. The summed E-state index contributed by atoms with van der Waals surface area (Å²) in [5.74, 6) is -0.756. The summed E-state index contributed by atoms with van der Waals surface area (Å²) in [7, 11) is 0. The first-order valence-electron chi connectivity index (χ1n) is 5.21. The van der Waals surface area contributed by atoms with Gasteiger partial charge >= 0.3 is 5.97 Å². The third kappa shape index (κ3) is 5.39. The summed E-state index contributed by atoms with van der Waals surface area (Å²) in [6.45, 7) is 4.30. The SMILES string of the molecule is CC(C)C(NCc1ccc(Cl)cc1)C(=O)O.Cl. The fraction of sp³-hybridized carbons (Fsp3) is 0.417. The van der Waals surface area contributed by atoms with Crippen molar-refractivity contribution in [3.05, 3.63) is 34.9 Å². The first-order chi connectivity index (χ1) is 7.50. The molecule has 0 saturated heterocycles. The molecule has 0 aliphatic heterocycles. The van der Waals surface area contributed by atoms with E-state index < -0.39 is 12.0 Å². The molecular formula is C12H17Cl2NO2. The molecule has 0 heterocycles. The van der Waals surface area contributed by atoms with Gasteiger partial charge in [0, 0.05) is 11.6 Å². The smallest absolute Gasteiger partial charge is 0.320 e. The van der Waals surface area contributed by atoms with Crippen LogP contribution in [0, 0.1) is 5.92 Å². The molecule has 5 heteroatoms. The number of nitrogens with one attached hydrogen (secondary N) is 1. The molecule has 0 aromatic heterocycles. The zero-order valence-corrected chi connectivity index (χ0v) is 11.4. The van der Waals surface area contributed by atoms with Gasteiger partial charge in [0.2, 0.25) is 0 Å². The fourth-order valence-corrected chi connectivity index (χ4v) is 1.56. The van der Waals surface area contributed by atoms with Crippen LogP contribution in [0.2, 0.25) is 5.02 Å². The highest BCUT2D eigenvalue weighted by Crippen LogP contribution is 2.10. The Morgan fingerprint density at radius 3 is 2.29 bits per heavy atom. The third-order valence-electron chi connectivity index (χ3n) is 2.37.